The van der Waals surface area contributed by atoms with Crippen LogP contribution >= 0.6 is 22.9 Å². The standard InChI is InChI=1S/C23H25ClN2O4S2/c1-14(2)32(28,29)19-8-4-6-16(11-19)22(27)26(13-18-7-5-9-30-18)23-25-21-15(3)10-17(24)12-20(21)31-23/h4,6,8,10-12,14,18H,5,7,9,13H2,1-3H3. The molecule has 0 radical (unpaired) electrons. The van der Waals surface area contributed by atoms with Gasteiger partial charge in [0.05, 0.1) is 33.0 Å². The number of aromatic nitrogens is 1. The van der Waals surface area contributed by atoms with Crippen molar-refractivity contribution in [3.05, 3.63) is 52.5 Å². The van der Waals surface area contributed by atoms with Gasteiger partial charge in [-0.1, -0.05) is 29.0 Å². The summed E-state index contributed by atoms with van der Waals surface area (Å²) in [5.74, 6) is -0.302. The summed E-state index contributed by atoms with van der Waals surface area (Å²) in [6, 6.07) is 9.92. The minimum atomic E-state index is -3.50. The van der Waals surface area contributed by atoms with Crippen LogP contribution in [-0.2, 0) is 14.6 Å². The quantitative estimate of drug-likeness (QED) is 0.468. The van der Waals surface area contributed by atoms with Crippen LogP contribution in [0.25, 0.3) is 10.2 Å². The van der Waals surface area contributed by atoms with E-state index in [1.54, 1.807) is 30.9 Å². The number of thiazole rings is 1. The van der Waals surface area contributed by atoms with E-state index in [4.69, 9.17) is 21.3 Å². The van der Waals surface area contributed by atoms with Crippen molar-refractivity contribution in [2.45, 2.75) is 49.9 Å². The number of sulfone groups is 1. The average Bonchev–Trinajstić information content (AvgIpc) is 3.41. The third kappa shape index (κ3) is 4.55. The number of aryl methyl sites for hydroxylation is 1. The number of hydrogen-bond acceptors (Lipinski definition) is 6. The molecule has 170 valence electrons. The van der Waals surface area contributed by atoms with Gasteiger partial charge in [-0.25, -0.2) is 13.4 Å². The van der Waals surface area contributed by atoms with Crippen LogP contribution in [0.3, 0.4) is 0 Å². The molecule has 2 heterocycles. The molecule has 2 aromatic carbocycles. The molecule has 0 spiro atoms. The van der Waals surface area contributed by atoms with Gasteiger partial charge in [0.1, 0.15) is 0 Å². The SMILES string of the molecule is Cc1cc(Cl)cc2sc(N(CC3CCCO3)C(=O)c3cccc(S(=O)(=O)C(C)C)c3)nc12. The molecule has 0 saturated carbocycles. The van der Waals surface area contributed by atoms with E-state index < -0.39 is 15.1 Å². The third-order valence-corrected chi connectivity index (χ3v) is 8.95. The van der Waals surface area contributed by atoms with E-state index in [9.17, 15) is 13.2 Å². The van der Waals surface area contributed by atoms with Gasteiger partial charge in [0.15, 0.2) is 15.0 Å². The Labute approximate surface area is 197 Å². The highest BCUT2D eigenvalue weighted by atomic mass is 35.5. The maximum absolute atomic E-state index is 13.6. The Hall–Kier alpha value is -2.00. The van der Waals surface area contributed by atoms with Crippen molar-refractivity contribution in [1.82, 2.24) is 4.98 Å². The fourth-order valence-electron chi connectivity index (χ4n) is 3.73. The van der Waals surface area contributed by atoms with Gasteiger partial charge in [0.2, 0.25) is 0 Å². The molecule has 32 heavy (non-hydrogen) atoms. The van der Waals surface area contributed by atoms with Crippen molar-refractivity contribution < 1.29 is 17.9 Å². The molecule has 6 nitrogen and oxygen atoms in total. The Morgan fingerprint density at radius 1 is 1.31 bits per heavy atom. The predicted molar refractivity (Wildman–Crippen MR) is 129 cm³/mol. The maximum Gasteiger partial charge on any atom is 0.260 e. The zero-order chi connectivity index (χ0) is 23.0. The van der Waals surface area contributed by atoms with E-state index >= 15 is 0 Å². The van der Waals surface area contributed by atoms with E-state index in [1.165, 1.54) is 23.5 Å². The van der Waals surface area contributed by atoms with Crippen LogP contribution in [0.5, 0.6) is 0 Å². The molecule has 0 aliphatic carbocycles. The number of nitrogens with zero attached hydrogens (tertiary/aromatic N) is 2. The molecule has 1 aliphatic rings. The lowest BCUT2D eigenvalue weighted by Gasteiger charge is -2.23. The molecule has 1 fully saturated rings. The van der Waals surface area contributed by atoms with Crippen molar-refractivity contribution in [2.24, 2.45) is 0 Å². The number of hydrogen-bond donors (Lipinski definition) is 0. The number of ether oxygens (including phenoxy) is 1. The molecule has 9 heteroatoms. The molecule has 4 rings (SSSR count). The molecule has 0 N–H and O–H groups in total. The van der Waals surface area contributed by atoms with Gasteiger partial charge in [-0.15, -0.1) is 0 Å². The lowest BCUT2D eigenvalue weighted by Crippen LogP contribution is -2.37. The summed E-state index contributed by atoms with van der Waals surface area (Å²) < 4.78 is 32.0. The summed E-state index contributed by atoms with van der Waals surface area (Å²) in [6.07, 6.45) is 1.73. The Kier molecular flexibility index (Phi) is 6.58. The molecule has 0 bridgehead atoms. The lowest BCUT2D eigenvalue weighted by atomic mass is 10.1. The van der Waals surface area contributed by atoms with Crippen LogP contribution in [0.15, 0.2) is 41.3 Å². The minimum absolute atomic E-state index is 0.0850. The van der Waals surface area contributed by atoms with Crippen LogP contribution < -0.4 is 4.90 Å². The molecular weight excluding hydrogens is 468 g/mol. The van der Waals surface area contributed by atoms with Crippen molar-refractivity contribution in [1.29, 1.82) is 0 Å². The van der Waals surface area contributed by atoms with Crippen molar-refractivity contribution in [3.63, 3.8) is 0 Å². The van der Waals surface area contributed by atoms with Crippen LogP contribution in [0.1, 0.15) is 42.6 Å². The number of fused-ring (bicyclic) bond motifs is 1. The second-order valence-electron chi connectivity index (χ2n) is 8.24. The van der Waals surface area contributed by atoms with Crippen molar-refractivity contribution in [2.75, 3.05) is 18.1 Å². The first-order valence-electron chi connectivity index (χ1n) is 10.5. The zero-order valence-corrected chi connectivity index (χ0v) is 20.6. The molecule has 1 unspecified atom stereocenters. The van der Waals surface area contributed by atoms with E-state index in [-0.39, 0.29) is 16.9 Å². The molecule has 3 aromatic rings. The summed E-state index contributed by atoms with van der Waals surface area (Å²) in [5, 5.41) is 0.588. The predicted octanol–water partition coefficient (Wildman–Crippen LogP) is 5.27. The second kappa shape index (κ2) is 9.09. The van der Waals surface area contributed by atoms with E-state index in [0.717, 1.165) is 28.6 Å². The normalized spacial score (nSPS) is 16.7. The highest BCUT2D eigenvalue weighted by Gasteiger charge is 2.28. The summed E-state index contributed by atoms with van der Waals surface area (Å²) in [4.78, 5) is 20.1. The Morgan fingerprint density at radius 3 is 2.78 bits per heavy atom. The number of anilines is 1. The van der Waals surface area contributed by atoms with Gasteiger partial charge in [0.25, 0.3) is 5.91 Å². The van der Waals surface area contributed by atoms with E-state index in [0.29, 0.717) is 28.9 Å². The Balaban J connectivity index is 1.76. The zero-order valence-electron chi connectivity index (χ0n) is 18.2. The molecule has 1 aromatic heterocycles. The largest absolute Gasteiger partial charge is 0.376 e. The minimum Gasteiger partial charge on any atom is -0.376 e. The highest BCUT2D eigenvalue weighted by molar-refractivity contribution is 7.92. The van der Waals surface area contributed by atoms with Crippen LogP contribution in [0.4, 0.5) is 5.13 Å². The molecule has 1 atom stereocenters. The topological polar surface area (TPSA) is 76.6 Å². The third-order valence-electron chi connectivity index (χ3n) is 5.56. The number of carbonyl (C=O) groups excluding carboxylic acids is 1. The fourth-order valence-corrected chi connectivity index (χ4v) is 6.26. The second-order valence-corrected chi connectivity index (χ2v) is 12.2. The average molecular weight is 493 g/mol. The summed E-state index contributed by atoms with van der Waals surface area (Å²) >= 11 is 7.61. The summed E-state index contributed by atoms with van der Waals surface area (Å²) in [6.45, 7) is 6.21. The number of benzene rings is 2. The van der Waals surface area contributed by atoms with Crippen LogP contribution in [0, 0.1) is 6.92 Å². The van der Waals surface area contributed by atoms with Gasteiger partial charge < -0.3 is 4.74 Å². The summed E-state index contributed by atoms with van der Waals surface area (Å²) in [7, 11) is -3.50. The van der Waals surface area contributed by atoms with E-state index in [2.05, 4.69) is 0 Å². The fraction of sp³-hybridized carbons (Fsp3) is 0.391. The van der Waals surface area contributed by atoms with Gasteiger partial charge >= 0.3 is 0 Å². The smallest absolute Gasteiger partial charge is 0.260 e. The molecule has 1 saturated heterocycles. The molecule has 1 aliphatic heterocycles. The van der Waals surface area contributed by atoms with Gasteiger partial charge in [-0.3, -0.25) is 9.69 Å². The Morgan fingerprint density at radius 2 is 2.09 bits per heavy atom. The first kappa shape index (κ1) is 23.2. The van der Waals surface area contributed by atoms with Gasteiger partial charge in [-0.2, -0.15) is 0 Å². The maximum atomic E-state index is 13.6. The van der Waals surface area contributed by atoms with Crippen LogP contribution in [0.2, 0.25) is 5.02 Å². The monoisotopic (exact) mass is 492 g/mol. The molecular formula is C23H25ClN2O4S2. The first-order valence-corrected chi connectivity index (χ1v) is 13.2. The Bertz CT molecular complexity index is 1260. The van der Waals surface area contributed by atoms with Crippen molar-refractivity contribution >= 4 is 54.0 Å². The number of rotatable bonds is 6. The number of carbonyl (C=O) groups is 1. The lowest BCUT2D eigenvalue weighted by molar-refractivity contribution is 0.0917. The highest BCUT2D eigenvalue weighted by Crippen LogP contribution is 2.34. The van der Waals surface area contributed by atoms with E-state index in [1.807, 2.05) is 19.1 Å². The van der Waals surface area contributed by atoms with Gasteiger partial charge in [0, 0.05) is 17.2 Å². The summed E-state index contributed by atoms with van der Waals surface area (Å²) in [5.41, 5.74) is 2.04. The first-order chi connectivity index (χ1) is 15.2. The van der Waals surface area contributed by atoms with Gasteiger partial charge in [-0.05, 0) is 69.5 Å². The van der Waals surface area contributed by atoms with Crippen LogP contribution in [-0.4, -0.2) is 43.8 Å². The number of amides is 1. The van der Waals surface area contributed by atoms with Crippen molar-refractivity contribution in [3.8, 4) is 0 Å². The number of halogens is 1. The molecule has 1 amide bonds.